The molecule has 1 nitrogen and oxygen atoms in total. The summed E-state index contributed by atoms with van der Waals surface area (Å²) >= 11 is 3.40. The highest BCUT2D eigenvalue weighted by Crippen LogP contribution is 2.31. The van der Waals surface area contributed by atoms with Crippen molar-refractivity contribution >= 4 is 21.7 Å². The first-order chi connectivity index (χ1) is 6.29. The van der Waals surface area contributed by atoms with E-state index in [-0.39, 0.29) is 0 Å². The third kappa shape index (κ3) is 1.68. The van der Waals surface area contributed by atoms with Gasteiger partial charge >= 0.3 is 0 Å². The molecule has 2 rings (SSSR count). The maximum Gasteiger partial charge on any atom is 0.167 e. The Balaban J connectivity index is 2.24. The SMILES string of the molecule is O=C(c1ccccc1Br)C1CCC1. The van der Waals surface area contributed by atoms with Gasteiger partial charge in [-0.15, -0.1) is 0 Å². The van der Waals surface area contributed by atoms with Crippen LogP contribution in [0.25, 0.3) is 0 Å². The Morgan fingerprint density at radius 2 is 2.00 bits per heavy atom. The van der Waals surface area contributed by atoms with Crippen LogP contribution in [0.1, 0.15) is 29.6 Å². The van der Waals surface area contributed by atoms with Crippen LogP contribution in [-0.4, -0.2) is 5.78 Å². The molecule has 0 unspecified atom stereocenters. The molecule has 0 amide bonds. The van der Waals surface area contributed by atoms with E-state index in [1.165, 1.54) is 6.42 Å². The highest BCUT2D eigenvalue weighted by atomic mass is 79.9. The number of carbonyl (C=O) groups excluding carboxylic acids is 1. The molecule has 68 valence electrons. The molecule has 0 aliphatic heterocycles. The van der Waals surface area contributed by atoms with Crippen molar-refractivity contribution < 1.29 is 4.79 Å². The average molecular weight is 239 g/mol. The third-order valence-corrected chi connectivity index (χ3v) is 3.31. The molecule has 1 aromatic rings. The topological polar surface area (TPSA) is 17.1 Å². The van der Waals surface area contributed by atoms with Crippen LogP contribution >= 0.6 is 15.9 Å². The molecular weight excluding hydrogens is 228 g/mol. The molecular formula is C11H11BrO. The Kier molecular flexibility index (Phi) is 2.49. The van der Waals surface area contributed by atoms with Crippen molar-refractivity contribution in [3.05, 3.63) is 34.3 Å². The Morgan fingerprint density at radius 3 is 2.54 bits per heavy atom. The molecule has 0 N–H and O–H groups in total. The van der Waals surface area contributed by atoms with Crippen molar-refractivity contribution in [1.82, 2.24) is 0 Å². The zero-order chi connectivity index (χ0) is 9.26. The largest absolute Gasteiger partial charge is 0.294 e. The average Bonchev–Trinajstić information content (AvgIpc) is 2.01. The lowest BCUT2D eigenvalue weighted by Crippen LogP contribution is -2.22. The maximum atomic E-state index is 11.8. The number of carbonyl (C=O) groups is 1. The summed E-state index contributed by atoms with van der Waals surface area (Å²) in [5, 5.41) is 0. The standard InChI is InChI=1S/C11H11BrO/c12-10-7-2-1-6-9(10)11(13)8-4-3-5-8/h1-2,6-8H,3-5H2. The van der Waals surface area contributed by atoms with Gasteiger partial charge in [0.15, 0.2) is 5.78 Å². The minimum absolute atomic E-state index is 0.290. The molecule has 2 heteroatoms. The molecule has 0 spiro atoms. The van der Waals surface area contributed by atoms with Gasteiger partial charge < -0.3 is 0 Å². The van der Waals surface area contributed by atoms with E-state index in [4.69, 9.17) is 0 Å². The molecule has 1 aliphatic rings. The van der Waals surface area contributed by atoms with Crippen LogP contribution in [0.5, 0.6) is 0 Å². The van der Waals surface area contributed by atoms with E-state index >= 15 is 0 Å². The molecule has 0 radical (unpaired) electrons. The van der Waals surface area contributed by atoms with Gasteiger partial charge in [-0.25, -0.2) is 0 Å². The zero-order valence-corrected chi connectivity index (χ0v) is 8.88. The summed E-state index contributed by atoms with van der Waals surface area (Å²) in [5.74, 6) is 0.595. The van der Waals surface area contributed by atoms with Crippen LogP contribution in [-0.2, 0) is 0 Å². The molecule has 1 aromatic carbocycles. The Bertz CT molecular complexity index is 329. The fourth-order valence-electron chi connectivity index (χ4n) is 1.55. The van der Waals surface area contributed by atoms with E-state index < -0.39 is 0 Å². The van der Waals surface area contributed by atoms with Crippen molar-refractivity contribution in [1.29, 1.82) is 0 Å². The van der Waals surface area contributed by atoms with E-state index in [0.29, 0.717) is 11.7 Å². The fourth-order valence-corrected chi connectivity index (χ4v) is 2.03. The maximum absolute atomic E-state index is 11.8. The Labute approximate surface area is 86.3 Å². The minimum atomic E-state index is 0.290. The van der Waals surface area contributed by atoms with Crippen LogP contribution in [0, 0.1) is 5.92 Å². The van der Waals surface area contributed by atoms with E-state index in [1.807, 2.05) is 24.3 Å². The Morgan fingerprint density at radius 1 is 1.31 bits per heavy atom. The monoisotopic (exact) mass is 238 g/mol. The summed E-state index contributed by atoms with van der Waals surface area (Å²) in [7, 11) is 0. The second-order valence-electron chi connectivity index (χ2n) is 3.47. The fraction of sp³-hybridized carbons (Fsp3) is 0.364. The summed E-state index contributed by atoms with van der Waals surface area (Å²) < 4.78 is 0.923. The van der Waals surface area contributed by atoms with Crippen LogP contribution in [0.15, 0.2) is 28.7 Å². The lowest BCUT2D eigenvalue weighted by molar-refractivity contribution is 0.0854. The Hall–Kier alpha value is -0.630. The van der Waals surface area contributed by atoms with Gasteiger partial charge in [0.25, 0.3) is 0 Å². The number of benzene rings is 1. The second kappa shape index (κ2) is 3.62. The first-order valence-electron chi connectivity index (χ1n) is 4.58. The number of halogens is 1. The van der Waals surface area contributed by atoms with E-state index in [9.17, 15) is 4.79 Å². The molecule has 0 aromatic heterocycles. The molecule has 0 saturated heterocycles. The van der Waals surface area contributed by atoms with Crippen molar-refractivity contribution in [3.63, 3.8) is 0 Å². The number of hydrogen-bond acceptors (Lipinski definition) is 1. The highest BCUT2D eigenvalue weighted by Gasteiger charge is 2.26. The summed E-state index contributed by atoms with van der Waals surface area (Å²) in [6.45, 7) is 0. The van der Waals surface area contributed by atoms with Crippen LogP contribution in [0.2, 0.25) is 0 Å². The van der Waals surface area contributed by atoms with Gasteiger partial charge in [-0.3, -0.25) is 4.79 Å². The first-order valence-corrected chi connectivity index (χ1v) is 5.37. The predicted octanol–water partition coefficient (Wildman–Crippen LogP) is 3.43. The molecule has 0 bridgehead atoms. The predicted molar refractivity (Wildman–Crippen MR) is 55.8 cm³/mol. The molecule has 13 heavy (non-hydrogen) atoms. The van der Waals surface area contributed by atoms with Gasteiger partial charge in [0.1, 0.15) is 0 Å². The summed E-state index contributed by atoms with van der Waals surface area (Å²) in [6.07, 6.45) is 3.35. The smallest absolute Gasteiger partial charge is 0.167 e. The number of ketones is 1. The molecule has 0 heterocycles. The van der Waals surface area contributed by atoms with Crippen LogP contribution < -0.4 is 0 Å². The van der Waals surface area contributed by atoms with Gasteiger partial charge in [0, 0.05) is 16.0 Å². The van der Waals surface area contributed by atoms with Crippen LogP contribution in [0.4, 0.5) is 0 Å². The summed E-state index contributed by atoms with van der Waals surface area (Å²) in [6, 6.07) is 7.66. The second-order valence-corrected chi connectivity index (χ2v) is 4.33. The van der Waals surface area contributed by atoms with Crippen molar-refractivity contribution in [2.45, 2.75) is 19.3 Å². The van der Waals surface area contributed by atoms with Crippen LogP contribution in [0.3, 0.4) is 0 Å². The van der Waals surface area contributed by atoms with E-state index in [1.54, 1.807) is 0 Å². The van der Waals surface area contributed by atoms with Crippen molar-refractivity contribution in [3.8, 4) is 0 Å². The highest BCUT2D eigenvalue weighted by molar-refractivity contribution is 9.10. The zero-order valence-electron chi connectivity index (χ0n) is 7.29. The molecule has 0 atom stereocenters. The van der Waals surface area contributed by atoms with Crippen molar-refractivity contribution in [2.24, 2.45) is 5.92 Å². The van der Waals surface area contributed by atoms with Gasteiger partial charge in [-0.05, 0) is 18.9 Å². The minimum Gasteiger partial charge on any atom is -0.294 e. The number of Topliss-reactive ketones (excluding diaryl/α,β-unsaturated/α-hetero) is 1. The van der Waals surface area contributed by atoms with Gasteiger partial charge in [0.05, 0.1) is 0 Å². The van der Waals surface area contributed by atoms with Gasteiger partial charge in [0.2, 0.25) is 0 Å². The molecule has 1 aliphatic carbocycles. The lowest BCUT2D eigenvalue weighted by atomic mass is 9.80. The van der Waals surface area contributed by atoms with Gasteiger partial charge in [-0.1, -0.05) is 40.5 Å². The van der Waals surface area contributed by atoms with E-state index in [0.717, 1.165) is 22.9 Å². The summed E-state index contributed by atoms with van der Waals surface area (Å²) in [5.41, 5.74) is 0.840. The molecule has 1 saturated carbocycles. The van der Waals surface area contributed by atoms with Gasteiger partial charge in [-0.2, -0.15) is 0 Å². The van der Waals surface area contributed by atoms with E-state index in [2.05, 4.69) is 15.9 Å². The normalized spacial score (nSPS) is 16.7. The van der Waals surface area contributed by atoms with Crippen molar-refractivity contribution in [2.75, 3.05) is 0 Å². The number of rotatable bonds is 2. The lowest BCUT2D eigenvalue weighted by Gasteiger charge is -2.24. The quantitative estimate of drug-likeness (QED) is 0.722. The number of hydrogen-bond donors (Lipinski definition) is 0. The third-order valence-electron chi connectivity index (χ3n) is 2.62. The summed E-state index contributed by atoms with van der Waals surface area (Å²) in [4.78, 5) is 11.8. The first kappa shape index (κ1) is 8.95. The molecule has 1 fully saturated rings.